The van der Waals surface area contributed by atoms with Crippen LogP contribution in [0.2, 0.25) is 0 Å². The molecule has 230 valence electrons. The van der Waals surface area contributed by atoms with E-state index in [0.29, 0.717) is 23.6 Å². The number of amides is 2. The first kappa shape index (κ1) is 31.7. The number of nitrogens with one attached hydrogen (secondary N) is 1. The van der Waals surface area contributed by atoms with E-state index in [1.165, 1.54) is 4.90 Å². The van der Waals surface area contributed by atoms with Gasteiger partial charge < -0.3 is 14.4 Å². The van der Waals surface area contributed by atoms with Gasteiger partial charge in [0.25, 0.3) is 5.91 Å². The Morgan fingerprint density at radius 1 is 0.907 bits per heavy atom. The summed E-state index contributed by atoms with van der Waals surface area (Å²) in [6, 6.07) is 15.8. The number of alkyl halides is 6. The standard InChI is InChI=1S/C31H30F6N2O4/c1-19(2)42-26-10-6-9-24(17-26)38-29(41)43-27-11-12-39(25(18-27)13-20-7-4-3-5-8-20)28(40)21-14-22(30(32,33)34)16-23(15-21)31(35,36)37/h3-10,14-17,19,25,27H,11-13,18H2,1-2H3,(H,38,41)/t25-,27+/m1/s1. The number of likely N-dealkylation sites (tertiary alicyclic amines) is 1. The normalized spacial score (nSPS) is 17.5. The lowest BCUT2D eigenvalue weighted by Crippen LogP contribution is -2.49. The van der Waals surface area contributed by atoms with Crippen LogP contribution in [0.5, 0.6) is 5.75 Å². The molecule has 4 rings (SSSR count). The van der Waals surface area contributed by atoms with Crippen molar-refractivity contribution >= 4 is 17.7 Å². The molecule has 2 amide bonds. The predicted octanol–water partition coefficient (Wildman–Crippen LogP) is 7.98. The number of piperidine rings is 1. The van der Waals surface area contributed by atoms with Crippen molar-refractivity contribution in [3.05, 3.63) is 95.1 Å². The minimum atomic E-state index is -5.09. The van der Waals surface area contributed by atoms with E-state index in [4.69, 9.17) is 9.47 Å². The lowest BCUT2D eigenvalue weighted by Gasteiger charge is -2.39. The van der Waals surface area contributed by atoms with Gasteiger partial charge >= 0.3 is 18.4 Å². The highest BCUT2D eigenvalue weighted by atomic mass is 19.4. The first-order valence-electron chi connectivity index (χ1n) is 13.6. The van der Waals surface area contributed by atoms with Crippen molar-refractivity contribution in [1.82, 2.24) is 4.90 Å². The maximum atomic E-state index is 13.5. The van der Waals surface area contributed by atoms with Crippen LogP contribution in [0.15, 0.2) is 72.8 Å². The SMILES string of the molecule is CC(C)Oc1cccc(NC(=O)O[C@H]2CCN(C(=O)c3cc(C(F)(F)F)cc(C(F)(F)F)c3)[C@H](Cc3ccccc3)C2)c1. The van der Waals surface area contributed by atoms with Crippen molar-refractivity contribution in [2.24, 2.45) is 0 Å². The molecule has 0 unspecified atom stereocenters. The molecule has 0 saturated carbocycles. The van der Waals surface area contributed by atoms with Crippen LogP contribution in [0.25, 0.3) is 0 Å². The Morgan fingerprint density at radius 2 is 1.56 bits per heavy atom. The number of benzene rings is 3. The maximum absolute atomic E-state index is 13.5. The van der Waals surface area contributed by atoms with Gasteiger partial charge in [0.05, 0.1) is 17.2 Å². The molecule has 3 aromatic rings. The summed E-state index contributed by atoms with van der Waals surface area (Å²) in [6.45, 7) is 3.67. The number of hydrogen-bond donors (Lipinski definition) is 1. The largest absolute Gasteiger partial charge is 0.491 e. The number of halogens is 6. The molecule has 43 heavy (non-hydrogen) atoms. The van der Waals surface area contributed by atoms with E-state index in [9.17, 15) is 35.9 Å². The van der Waals surface area contributed by atoms with Crippen molar-refractivity contribution < 1.29 is 45.4 Å². The zero-order valence-corrected chi connectivity index (χ0v) is 23.3. The number of nitrogens with zero attached hydrogens (tertiary/aromatic N) is 1. The van der Waals surface area contributed by atoms with Crippen LogP contribution in [-0.2, 0) is 23.5 Å². The summed E-state index contributed by atoms with van der Waals surface area (Å²) in [5.41, 5.74) is -2.63. The second-order valence-corrected chi connectivity index (χ2v) is 10.5. The molecule has 0 aromatic heterocycles. The Morgan fingerprint density at radius 3 is 2.16 bits per heavy atom. The Balaban J connectivity index is 1.54. The molecule has 1 heterocycles. The summed E-state index contributed by atoms with van der Waals surface area (Å²) in [5, 5.41) is 2.63. The molecule has 6 nitrogen and oxygen atoms in total. The smallest absolute Gasteiger partial charge is 0.416 e. The first-order chi connectivity index (χ1) is 20.2. The zero-order valence-electron chi connectivity index (χ0n) is 23.3. The van der Waals surface area contributed by atoms with E-state index in [1.807, 2.05) is 13.8 Å². The van der Waals surface area contributed by atoms with Crippen LogP contribution in [-0.4, -0.2) is 41.7 Å². The molecule has 0 spiro atoms. The third-order valence-electron chi connectivity index (χ3n) is 6.80. The number of carbonyl (C=O) groups is 2. The molecule has 3 aromatic carbocycles. The zero-order chi connectivity index (χ0) is 31.4. The van der Waals surface area contributed by atoms with Gasteiger partial charge in [-0.2, -0.15) is 26.3 Å². The summed E-state index contributed by atoms with van der Waals surface area (Å²) in [6.07, 6.45) is -11.2. The van der Waals surface area contributed by atoms with Crippen molar-refractivity contribution in [1.29, 1.82) is 0 Å². The van der Waals surface area contributed by atoms with E-state index < -0.39 is 53.2 Å². The molecule has 1 N–H and O–H groups in total. The minimum absolute atomic E-state index is 0.0123. The Labute approximate surface area is 244 Å². The fraction of sp³-hybridized carbons (Fsp3) is 0.355. The Hall–Kier alpha value is -4.22. The van der Waals surface area contributed by atoms with Gasteiger partial charge in [-0.1, -0.05) is 36.4 Å². The average Bonchev–Trinajstić information content (AvgIpc) is 2.92. The van der Waals surface area contributed by atoms with Crippen molar-refractivity contribution in [2.45, 2.75) is 63.7 Å². The van der Waals surface area contributed by atoms with Crippen molar-refractivity contribution in [3.63, 3.8) is 0 Å². The molecule has 1 aliphatic heterocycles. The van der Waals surface area contributed by atoms with Gasteiger partial charge in [0, 0.05) is 42.7 Å². The lowest BCUT2D eigenvalue weighted by molar-refractivity contribution is -0.143. The molecule has 0 radical (unpaired) electrons. The van der Waals surface area contributed by atoms with E-state index in [1.54, 1.807) is 54.6 Å². The second-order valence-electron chi connectivity index (χ2n) is 10.5. The molecule has 1 saturated heterocycles. The molecule has 2 atom stereocenters. The molecule has 0 aliphatic carbocycles. The summed E-state index contributed by atoms with van der Waals surface area (Å²) in [5.74, 6) is -0.423. The second kappa shape index (κ2) is 13.0. The quantitative estimate of drug-likeness (QED) is 0.276. The first-order valence-corrected chi connectivity index (χ1v) is 13.6. The number of hydrogen-bond acceptors (Lipinski definition) is 4. The van der Waals surface area contributed by atoms with Gasteiger partial charge in [0.2, 0.25) is 0 Å². The van der Waals surface area contributed by atoms with Gasteiger partial charge in [0.1, 0.15) is 11.9 Å². The maximum Gasteiger partial charge on any atom is 0.416 e. The van der Waals surface area contributed by atoms with Crippen molar-refractivity contribution in [2.75, 3.05) is 11.9 Å². The topological polar surface area (TPSA) is 67.9 Å². The Kier molecular flexibility index (Phi) is 9.56. The van der Waals surface area contributed by atoms with E-state index in [-0.39, 0.29) is 38.0 Å². The van der Waals surface area contributed by atoms with Crippen LogP contribution in [0, 0.1) is 0 Å². The van der Waals surface area contributed by atoms with Crippen LogP contribution in [0.4, 0.5) is 36.8 Å². The molecule has 1 fully saturated rings. The Bertz CT molecular complexity index is 1390. The van der Waals surface area contributed by atoms with E-state index in [2.05, 4.69) is 5.32 Å². The van der Waals surface area contributed by atoms with Gasteiger partial charge in [0.15, 0.2) is 0 Å². The number of rotatable bonds is 7. The fourth-order valence-corrected chi connectivity index (χ4v) is 4.93. The number of carbonyl (C=O) groups excluding carboxylic acids is 2. The summed E-state index contributed by atoms with van der Waals surface area (Å²) in [4.78, 5) is 27.5. The predicted molar refractivity (Wildman–Crippen MR) is 147 cm³/mol. The minimum Gasteiger partial charge on any atom is -0.491 e. The summed E-state index contributed by atoms with van der Waals surface area (Å²) in [7, 11) is 0. The lowest BCUT2D eigenvalue weighted by atomic mass is 9.92. The fourth-order valence-electron chi connectivity index (χ4n) is 4.93. The molecule has 12 heteroatoms. The molecule has 1 aliphatic rings. The third kappa shape index (κ3) is 8.65. The number of anilines is 1. The molecular weight excluding hydrogens is 578 g/mol. The van der Waals surface area contributed by atoms with Crippen LogP contribution in [0.3, 0.4) is 0 Å². The molecular formula is C31H30F6N2O4. The van der Waals surface area contributed by atoms with E-state index >= 15 is 0 Å². The monoisotopic (exact) mass is 608 g/mol. The summed E-state index contributed by atoms with van der Waals surface area (Å²) >= 11 is 0. The van der Waals surface area contributed by atoms with Crippen LogP contribution < -0.4 is 10.1 Å². The van der Waals surface area contributed by atoms with Crippen LogP contribution >= 0.6 is 0 Å². The van der Waals surface area contributed by atoms with Crippen LogP contribution in [0.1, 0.15) is 53.7 Å². The summed E-state index contributed by atoms with van der Waals surface area (Å²) < 4.78 is 92.0. The third-order valence-corrected chi connectivity index (χ3v) is 6.80. The van der Waals surface area contributed by atoms with Gasteiger partial charge in [-0.05, 0) is 56.2 Å². The number of ether oxygens (including phenoxy) is 2. The highest BCUT2D eigenvalue weighted by molar-refractivity contribution is 5.95. The van der Waals surface area contributed by atoms with Gasteiger partial charge in [-0.25, -0.2) is 4.79 Å². The van der Waals surface area contributed by atoms with Gasteiger partial charge in [-0.3, -0.25) is 10.1 Å². The average molecular weight is 609 g/mol. The van der Waals surface area contributed by atoms with Gasteiger partial charge in [-0.15, -0.1) is 0 Å². The van der Waals surface area contributed by atoms with E-state index in [0.717, 1.165) is 5.56 Å². The highest BCUT2D eigenvalue weighted by Crippen LogP contribution is 2.37. The van der Waals surface area contributed by atoms with Crippen molar-refractivity contribution in [3.8, 4) is 5.75 Å². The molecule has 0 bridgehead atoms. The highest BCUT2D eigenvalue weighted by Gasteiger charge is 2.39.